The van der Waals surface area contributed by atoms with Gasteiger partial charge in [0.05, 0.1) is 11.8 Å². The quantitative estimate of drug-likeness (QED) is 0.592. The molecule has 0 aromatic heterocycles. The molecule has 0 N–H and O–H groups in total. The molecule has 3 aromatic carbocycles. The van der Waals surface area contributed by atoms with E-state index >= 15 is 0 Å². The van der Waals surface area contributed by atoms with Crippen molar-refractivity contribution in [3.8, 4) is 0 Å². The topological polar surface area (TPSA) is 45.1 Å². The predicted molar refractivity (Wildman–Crippen MR) is 125 cm³/mol. The van der Waals surface area contributed by atoms with E-state index in [4.69, 9.17) is 4.84 Å². The van der Waals surface area contributed by atoms with Gasteiger partial charge in [-0.1, -0.05) is 84.0 Å². The van der Waals surface area contributed by atoms with Crippen molar-refractivity contribution < 1.29 is 14.0 Å². The molecule has 1 amide bonds. The van der Waals surface area contributed by atoms with Crippen molar-refractivity contribution in [2.75, 3.05) is 26.2 Å². The molecule has 0 spiro atoms. The molecule has 0 radical (unpaired) electrons. The number of nitrogens with zero attached hydrogens (tertiary/aromatic N) is 3. The first-order chi connectivity index (χ1) is 16.2. The number of halogens is 1. The average molecular weight is 444 g/mol. The van der Waals surface area contributed by atoms with Gasteiger partial charge in [0.25, 0.3) is 5.91 Å². The van der Waals surface area contributed by atoms with Gasteiger partial charge in [-0.25, -0.2) is 4.39 Å². The summed E-state index contributed by atoms with van der Waals surface area (Å²) >= 11 is 0. The molecule has 33 heavy (non-hydrogen) atoms. The van der Waals surface area contributed by atoms with E-state index in [2.05, 4.69) is 58.6 Å². The maximum absolute atomic E-state index is 14.1. The van der Waals surface area contributed by atoms with Crippen LogP contribution in [0.2, 0.25) is 0 Å². The van der Waals surface area contributed by atoms with E-state index in [0.29, 0.717) is 24.4 Å². The van der Waals surface area contributed by atoms with Crippen molar-refractivity contribution in [1.29, 1.82) is 0 Å². The lowest BCUT2D eigenvalue weighted by molar-refractivity contribution is -0.144. The minimum Gasteiger partial charge on any atom is -0.382 e. The van der Waals surface area contributed by atoms with Crippen LogP contribution < -0.4 is 0 Å². The molecule has 0 unspecified atom stereocenters. The van der Waals surface area contributed by atoms with Crippen LogP contribution >= 0.6 is 0 Å². The highest BCUT2D eigenvalue weighted by atomic mass is 19.1. The number of amides is 1. The van der Waals surface area contributed by atoms with Gasteiger partial charge in [-0.3, -0.25) is 9.69 Å². The summed E-state index contributed by atoms with van der Waals surface area (Å²) in [5.41, 5.74) is 3.36. The number of hydrogen-bond donors (Lipinski definition) is 0. The number of carbonyl (C=O) groups excluding carboxylic acids is 1. The van der Waals surface area contributed by atoms with Gasteiger partial charge in [0.15, 0.2) is 0 Å². The maximum Gasteiger partial charge on any atom is 0.266 e. The van der Waals surface area contributed by atoms with E-state index in [1.54, 1.807) is 18.2 Å². The summed E-state index contributed by atoms with van der Waals surface area (Å²) in [6.45, 7) is 2.75. The zero-order valence-corrected chi connectivity index (χ0v) is 18.3. The highest BCUT2D eigenvalue weighted by Gasteiger charge is 2.35. The van der Waals surface area contributed by atoms with Crippen molar-refractivity contribution >= 4 is 11.6 Å². The highest BCUT2D eigenvalue weighted by Crippen LogP contribution is 2.30. The van der Waals surface area contributed by atoms with Crippen molar-refractivity contribution in [3.63, 3.8) is 0 Å². The summed E-state index contributed by atoms with van der Waals surface area (Å²) < 4.78 is 14.1. The van der Waals surface area contributed by atoms with Gasteiger partial charge < -0.3 is 9.74 Å². The van der Waals surface area contributed by atoms with Crippen LogP contribution in [-0.2, 0) is 9.63 Å². The standard InChI is InChI=1S/C27H26FN3O2/c28-23-14-8-7-13-22(23)24-19-25(33-29-24)27(32)31-17-15-30(16-18-31)26(20-9-3-1-4-10-20)21-11-5-2-6-12-21/h1-14,25-26H,15-19H2/t25-/m0/s1. The normalized spacial score (nSPS) is 18.8. The average Bonchev–Trinajstić information content (AvgIpc) is 3.36. The number of benzene rings is 3. The van der Waals surface area contributed by atoms with Crippen LogP contribution in [-0.4, -0.2) is 53.7 Å². The van der Waals surface area contributed by atoms with Gasteiger partial charge in [0.2, 0.25) is 6.10 Å². The van der Waals surface area contributed by atoms with Gasteiger partial charge in [0, 0.05) is 38.2 Å². The molecule has 2 aliphatic heterocycles. The second kappa shape index (κ2) is 9.55. The van der Waals surface area contributed by atoms with Crippen LogP contribution in [0.1, 0.15) is 29.2 Å². The molecule has 5 rings (SSSR count). The van der Waals surface area contributed by atoms with Crippen LogP contribution in [0.15, 0.2) is 90.1 Å². The van der Waals surface area contributed by atoms with Crippen molar-refractivity contribution in [2.45, 2.75) is 18.6 Å². The first-order valence-corrected chi connectivity index (χ1v) is 11.3. The molecule has 0 aliphatic carbocycles. The van der Waals surface area contributed by atoms with Crippen molar-refractivity contribution in [3.05, 3.63) is 107 Å². The lowest BCUT2D eigenvalue weighted by Crippen LogP contribution is -2.52. The SMILES string of the molecule is O=C([C@@H]1CC(c2ccccc2F)=NO1)N1CCN(C(c2ccccc2)c2ccccc2)CC1. The molecule has 1 fully saturated rings. The highest BCUT2D eigenvalue weighted by molar-refractivity contribution is 6.04. The fourth-order valence-electron chi connectivity index (χ4n) is 4.65. The third-order valence-corrected chi connectivity index (χ3v) is 6.35. The summed E-state index contributed by atoms with van der Waals surface area (Å²) in [6.07, 6.45) is -0.401. The number of oxime groups is 1. The summed E-state index contributed by atoms with van der Waals surface area (Å²) in [5, 5.41) is 4.01. The molecule has 168 valence electrons. The van der Waals surface area contributed by atoms with Crippen LogP contribution in [0.5, 0.6) is 0 Å². The summed E-state index contributed by atoms with van der Waals surface area (Å²) in [7, 11) is 0. The third kappa shape index (κ3) is 4.52. The number of rotatable bonds is 5. The molecule has 6 heteroatoms. The molecular weight excluding hydrogens is 417 g/mol. The molecule has 2 aliphatic rings. The molecule has 1 saturated heterocycles. The molecule has 5 nitrogen and oxygen atoms in total. The Hall–Kier alpha value is -3.51. The van der Waals surface area contributed by atoms with Crippen LogP contribution in [0, 0.1) is 5.82 Å². The Balaban J connectivity index is 1.24. The molecule has 0 bridgehead atoms. The number of carbonyl (C=O) groups is 1. The minimum atomic E-state index is -0.690. The molecule has 3 aromatic rings. The largest absolute Gasteiger partial charge is 0.382 e. The van der Waals surface area contributed by atoms with Gasteiger partial charge in [0.1, 0.15) is 5.82 Å². The first kappa shape index (κ1) is 21.3. The Kier molecular flexibility index (Phi) is 6.17. The van der Waals surface area contributed by atoms with Gasteiger partial charge >= 0.3 is 0 Å². The first-order valence-electron chi connectivity index (χ1n) is 11.3. The second-order valence-electron chi connectivity index (χ2n) is 8.40. The molecule has 2 heterocycles. The molecule has 0 saturated carbocycles. The van der Waals surface area contributed by atoms with E-state index < -0.39 is 6.10 Å². The van der Waals surface area contributed by atoms with Crippen molar-refractivity contribution in [1.82, 2.24) is 9.80 Å². The second-order valence-corrected chi connectivity index (χ2v) is 8.40. The van der Waals surface area contributed by atoms with Gasteiger partial charge in [-0.15, -0.1) is 0 Å². The van der Waals surface area contributed by atoms with E-state index in [1.807, 2.05) is 17.0 Å². The summed E-state index contributed by atoms with van der Waals surface area (Å²) in [5.74, 6) is -0.435. The van der Waals surface area contributed by atoms with E-state index in [0.717, 1.165) is 13.1 Å². The van der Waals surface area contributed by atoms with Gasteiger partial charge in [-0.2, -0.15) is 0 Å². The zero-order chi connectivity index (χ0) is 22.6. The Morgan fingerprint density at radius 3 is 2.03 bits per heavy atom. The van der Waals surface area contributed by atoms with Crippen LogP contribution in [0.4, 0.5) is 4.39 Å². The van der Waals surface area contributed by atoms with E-state index in [1.165, 1.54) is 17.2 Å². The monoisotopic (exact) mass is 443 g/mol. The Bertz CT molecular complexity index is 1090. The number of hydrogen-bond acceptors (Lipinski definition) is 4. The minimum absolute atomic E-state index is 0.0827. The maximum atomic E-state index is 14.1. The lowest BCUT2D eigenvalue weighted by atomic mass is 9.96. The Morgan fingerprint density at radius 1 is 0.848 bits per heavy atom. The Morgan fingerprint density at radius 2 is 1.42 bits per heavy atom. The van der Waals surface area contributed by atoms with Crippen molar-refractivity contribution in [2.24, 2.45) is 5.16 Å². The van der Waals surface area contributed by atoms with E-state index in [9.17, 15) is 9.18 Å². The van der Waals surface area contributed by atoms with Crippen LogP contribution in [0.3, 0.4) is 0 Å². The lowest BCUT2D eigenvalue weighted by Gasteiger charge is -2.40. The predicted octanol–water partition coefficient (Wildman–Crippen LogP) is 4.25. The molecular formula is C27H26FN3O2. The zero-order valence-electron chi connectivity index (χ0n) is 18.3. The molecule has 1 atom stereocenters. The third-order valence-electron chi connectivity index (χ3n) is 6.35. The Labute approximate surface area is 193 Å². The van der Waals surface area contributed by atoms with Crippen LogP contribution in [0.25, 0.3) is 0 Å². The summed E-state index contributed by atoms with van der Waals surface area (Å²) in [4.78, 5) is 22.8. The summed E-state index contributed by atoms with van der Waals surface area (Å²) in [6, 6.07) is 27.5. The van der Waals surface area contributed by atoms with E-state index in [-0.39, 0.29) is 24.2 Å². The van der Waals surface area contributed by atoms with Gasteiger partial charge in [-0.05, 0) is 17.2 Å². The number of piperazine rings is 1. The smallest absolute Gasteiger partial charge is 0.266 e. The fourth-order valence-corrected chi connectivity index (χ4v) is 4.65. The fraction of sp³-hybridized carbons (Fsp3) is 0.259.